The molecule has 0 bridgehead atoms. The second kappa shape index (κ2) is 9.27. The van der Waals surface area contributed by atoms with E-state index in [-0.39, 0.29) is 5.41 Å². The fourth-order valence-corrected chi connectivity index (χ4v) is 3.86. The Hall–Kier alpha value is -2.60. The van der Waals surface area contributed by atoms with Crippen LogP contribution in [0.5, 0.6) is 0 Å². The van der Waals surface area contributed by atoms with Gasteiger partial charge in [-0.1, -0.05) is 36.1 Å². The van der Waals surface area contributed by atoms with Gasteiger partial charge in [-0.15, -0.1) is 0 Å². The number of thiophene rings is 1. The summed E-state index contributed by atoms with van der Waals surface area (Å²) in [6.45, 7) is 8.32. The molecule has 2 heteroatoms. The van der Waals surface area contributed by atoms with Gasteiger partial charge in [0.1, 0.15) is 18.8 Å². The molecule has 0 radical (unpaired) electrons. The maximum absolute atomic E-state index is 3.26. The summed E-state index contributed by atoms with van der Waals surface area (Å²) in [5.74, 6) is 6.44. The molecule has 0 N–H and O–H groups in total. The second-order valence-corrected chi connectivity index (χ2v) is 9.45. The van der Waals surface area contributed by atoms with Crippen LogP contribution in [0.3, 0.4) is 0 Å². The number of benzene rings is 1. The fourth-order valence-electron chi connectivity index (χ4n) is 3.20. The molecule has 0 spiro atoms. The van der Waals surface area contributed by atoms with Gasteiger partial charge in [0.05, 0.1) is 7.05 Å². The number of nitrogens with zero attached hydrogens (tertiary/aromatic N) is 1. The first-order chi connectivity index (χ1) is 13.9. The Bertz CT molecular complexity index is 1000. The third-order valence-corrected chi connectivity index (χ3v) is 5.56. The lowest BCUT2D eigenvalue weighted by Crippen LogP contribution is -2.43. The summed E-state index contributed by atoms with van der Waals surface area (Å²) in [5.41, 5.74) is 5.13. The first-order valence-corrected chi connectivity index (χ1v) is 11.0. The minimum atomic E-state index is 0.0437. The summed E-state index contributed by atoms with van der Waals surface area (Å²) in [5, 5.41) is 4.32. The fraction of sp³-hybridized carbons (Fsp3) is 0.259. The molecule has 1 nitrogen and oxygen atoms in total. The van der Waals surface area contributed by atoms with E-state index >= 15 is 0 Å². The van der Waals surface area contributed by atoms with E-state index in [0.29, 0.717) is 0 Å². The Labute approximate surface area is 180 Å². The molecule has 0 fully saturated rings. The number of hydrogen-bond acceptors (Lipinski definition) is 1. The molecule has 1 aliphatic heterocycles. The highest BCUT2D eigenvalue weighted by Gasteiger charge is 2.24. The van der Waals surface area contributed by atoms with E-state index in [4.69, 9.17) is 0 Å². The number of rotatable bonds is 5. The average Bonchev–Trinajstić information content (AvgIpc) is 3.21. The first-order valence-electron chi connectivity index (χ1n) is 10.1. The zero-order chi connectivity index (χ0) is 20.7. The Morgan fingerprint density at radius 3 is 2.76 bits per heavy atom. The van der Waals surface area contributed by atoms with Crippen molar-refractivity contribution >= 4 is 17.4 Å². The Morgan fingerprint density at radius 2 is 2.00 bits per heavy atom. The van der Waals surface area contributed by atoms with Gasteiger partial charge in [0, 0.05) is 5.41 Å². The predicted molar refractivity (Wildman–Crippen MR) is 128 cm³/mol. The molecule has 29 heavy (non-hydrogen) atoms. The van der Waals surface area contributed by atoms with Crippen molar-refractivity contribution in [3.63, 3.8) is 0 Å². The van der Waals surface area contributed by atoms with Crippen molar-refractivity contribution in [3.8, 4) is 23.0 Å². The van der Waals surface area contributed by atoms with E-state index in [0.717, 1.165) is 17.6 Å². The van der Waals surface area contributed by atoms with E-state index in [9.17, 15) is 0 Å². The molecule has 0 saturated carbocycles. The Morgan fingerprint density at radius 1 is 1.14 bits per heavy atom. The summed E-state index contributed by atoms with van der Waals surface area (Å²) in [6.07, 6.45) is 15.3. The highest BCUT2D eigenvalue weighted by atomic mass is 32.1. The molecule has 2 heterocycles. The zero-order valence-electron chi connectivity index (χ0n) is 17.9. The van der Waals surface area contributed by atoms with Gasteiger partial charge in [-0.3, -0.25) is 4.48 Å². The smallest absolute Gasteiger partial charge is 0.133 e. The van der Waals surface area contributed by atoms with Crippen molar-refractivity contribution in [1.29, 1.82) is 0 Å². The highest BCUT2D eigenvalue weighted by molar-refractivity contribution is 7.08. The largest absolute Gasteiger partial charge is 0.287 e. The van der Waals surface area contributed by atoms with E-state index < -0.39 is 0 Å². The van der Waals surface area contributed by atoms with Crippen molar-refractivity contribution in [2.24, 2.45) is 5.41 Å². The highest BCUT2D eigenvalue weighted by Crippen LogP contribution is 2.25. The quantitative estimate of drug-likeness (QED) is 0.377. The molecule has 1 unspecified atom stereocenters. The van der Waals surface area contributed by atoms with Crippen LogP contribution in [0.1, 0.15) is 26.3 Å². The number of allylic oxidation sites excluding steroid dienone is 4. The van der Waals surface area contributed by atoms with Gasteiger partial charge in [-0.05, 0) is 96.8 Å². The van der Waals surface area contributed by atoms with E-state index in [1.54, 1.807) is 11.3 Å². The van der Waals surface area contributed by atoms with Crippen LogP contribution in [0, 0.1) is 17.3 Å². The van der Waals surface area contributed by atoms with E-state index in [1.807, 2.05) is 6.08 Å². The SMILES string of the molecule is CC(C)(C)C#CC=CC[N+]1(C)CC=CC=C1/C=C/c1cccc(-c2ccsc2)c1. The molecule has 2 aromatic rings. The average molecular weight is 401 g/mol. The van der Waals surface area contributed by atoms with Gasteiger partial charge in [0.2, 0.25) is 0 Å². The normalized spacial score (nSPS) is 19.4. The lowest BCUT2D eigenvalue weighted by molar-refractivity contribution is -0.858. The van der Waals surface area contributed by atoms with Crippen molar-refractivity contribution < 1.29 is 4.48 Å². The third-order valence-electron chi connectivity index (χ3n) is 4.88. The van der Waals surface area contributed by atoms with Gasteiger partial charge in [-0.2, -0.15) is 11.3 Å². The third kappa shape index (κ3) is 6.19. The first kappa shape index (κ1) is 21.1. The number of likely N-dealkylation sites (N-methyl/N-ethyl adjacent to an activating group) is 1. The molecule has 0 aliphatic carbocycles. The summed E-state index contributed by atoms with van der Waals surface area (Å²) in [4.78, 5) is 0. The van der Waals surface area contributed by atoms with Crippen LogP contribution in [0.2, 0.25) is 0 Å². The summed E-state index contributed by atoms with van der Waals surface area (Å²) in [6, 6.07) is 10.9. The molecular formula is C27H30NS+. The maximum atomic E-state index is 3.26. The van der Waals surface area contributed by atoms with Crippen molar-refractivity contribution in [2.75, 3.05) is 20.1 Å². The van der Waals surface area contributed by atoms with Crippen molar-refractivity contribution in [3.05, 3.63) is 88.8 Å². The predicted octanol–water partition coefficient (Wildman–Crippen LogP) is 6.93. The van der Waals surface area contributed by atoms with Crippen molar-refractivity contribution in [1.82, 2.24) is 0 Å². The maximum Gasteiger partial charge on any atom is 0.133 e. The van der Waals surface area contributed by atoms with Gasteiger partial charge >= 0.3 is 0 Å². The summed E-state index contributed by atoms with van der Waals surface area (Å²) >= 11 is 1.74. The standard InChI is InChI=1S/C27H30NS/c1-27(2,3)17-7-5-8-18-28(4)19-9-6-13-26(28)15-14-23-11-10-12-24(21-23)25-16-20-29-22-25/h5-6,8-16,20-22H,18-19H2,1-4H3/q+1/b8-5?,15-14+. The van der Waals surface area contributed by atoms with Crippen LogP contribution in [0.25, 0.3) is 17.2 Å². The number of quaternary nitrogens is 1. The van der Waals surface area contributed by atoms with Crippen molar-refractivity contribution in [2.45, 2.75) is 20.8 Å². The number of hydrogen-bond donors (Lipinski definition) is 0. The minimum Gasteiger partial charge on any atom is -0.287 e. The minimum absolute atomic E-state index is 0.0437. The van der Waals surface area contributed by atoms with Crippen LogP contribution >= 0.6 is 11.3 Å². The van der Waals surface area contributed by atoms with Gasteiger partial charge in [-0.25, -0.2) is 0 Å². The zero-order valence-corrected chi connectivity index (χ0v) is 18.7. The van der Waals surface area contributed by atoms with Crippen LogP contribution < -0.4 is 0 Å². The van der Waals surface area contributed by atoms with E-state index in [2.05, 4.69) is 117 Å². The topological polar surface area (TPSA) is 0 Å². The monoisotopic (exact) mass is 400 g/mol. The lowest BCUT2D eigenvalue weighted by atomic mass is 9.98. The lowest BCUT2D eigenvalue weighted by Gasteiger charge is -2.34. The molecule has 1 aliphatic rings. The van der Waals surface area contributed by atoms with Crippen LogP contribution in [-0.4, -0.2) is 24.6 Å². The Kier molecular flexibility index (Phi) is 6.75. The van der Waals surface area contributed by atoms with Gasteiger partial charge in [0.15, 0.2) is 0 Å². The molecular weight excluding hydrogens is 370 g/mol. The molecule has 3 rings (SSSR count). The summed E-state index contributed by atoms with van der Waals surface area (Å²) < 4.78 is 0.852. The molecule has 148 valence electrons. The molecule has 0 amide bonds. The molecule has 0 saturated heterocycles. The summed E-state index contributed by atoms with van der Waals surface area (Å²) in [7, 11) is 2.28. The van der Waals surface area contributed by atoms with Crippen LogP contribution in [-0.2, 0) is 0 Å². The van der Waals surface area contributed by atoms with Gasteiger partial charge in [0.25, 0.3) is 0 Å². The molecule has 1 aromatic carbocycles. The molecule has 1 atom stereocenters. The molecule has 1 aromatic heterocycles. The Balaban J connectivity index is 1.73. The van der Waals surface area contributed by atoms with Crippen LogP contribution in [0.15, 0.2) is 83.2 Å². The second-order valence-electron chi connectivity index (χ2n) is 8.67. The van der Waals surface area contributed by atoms with E-state index in [1.165, 1.54) is 22.4 Å². The van der Waals surface area contributed by atoms with Gasteiger partial charge < -0.3 is 0 Å². The van der Waals surface area contributed by atoms with Crippen LogP contribution in [0.4, 0.5) is 0 Å².